The first-order valence-electron chi connectivity index (χ1n) is 6.74. The Morgan fingerprint density at radius 2 is 1.60 bits per heavy atom. The molecule has 0 aliphatic carbocycles. The molecule has 2 rings (SSSR count). The Hall–Kier alpha value is -2.71. The zero-order valence-electron chi connectivity index (χ0n) is 12.3. The number of halogens is 6. The van der Waals surface area contributed by atoms with Crippen molar-refractivity contribution in [1.29, 1.82) is 0 Å². The molecule has 0 spiro atoms. The molecule has 0 fully saturated rings. The van der Waals surface area contributed by atoms with Gasteiger partial charge in [0.15, 0.2) is 0 Å². The third-order valence-electron chi connectivity index (χ3n) is 3.15. The van der Waals surface area contributed by atoms with E-state index >= 15 is 0 Å². The Kier molecular flexibility index (Phi) is 4.96. The van der Waals surface area contributed by atoms with Crippen molar-refractivity contribution in [3.8, 4) is 16.9 Å². The summed E-state index contributed by atoms with van der Waals surface area (Å²) in [5.74, 6) is -2.00. The van der Waals surface area contributed by atoms with E-state index in [1.54, 1.807) is 0 Å². The number of carboxylic acids is 1. The average Bonchev–Trinajstić information content (AvgIpc) is 2.43. The number of alkyl halides is 6. The van der Waals surface area contributed by atoms with Crippen molar-refractivity contribution in [3.05, 3.63) is 53.6 Å². The maximum absolute atomic E-state index is 12.9. The van der Waals surface area contributed by atoms with Crippen LogP contribution in [0.5, 0.6) is 5.75 Å². The lowest BCUT2D eigenvalue weighted by atomic mass is 9.97. The van der Waals surface area contributed by atoms with Crippen molar-refractivity contribution in [2.75, 3.05) is 0 Å². The number of hydrogen-bond acceptors (Lipinski definition) is 2. The summed E-state index contributed by atoms with van der Waals surface area (Å²) in [6.07, 6.45) is -10.5. The van der Waals surface area contributed by atoms with Crippen molar-refractivity contribution >= 4 is 5.97 Å². The van der Waals surface area contributed by atoms with E-state index < -0.39 is 41.8 Å². The highest BCUT2D eigenvalue weighted by molar-refractivity contribution is 5.73. The first-order valence-corrected chi connectivity index (χ1v) is 6.74. The molecule has 0 unspecified atom stereocenters. The van der Waals surface area contributed by atoms with Crippen LogP contribution in [0.15, 0.2) is 42.5 Å². The van der Waals surface area contributed by atoms with Crippen LogP contribution in [0.3, 0.4) is 0 Å². The molecule has 0 amide bonds. The highest BCUT2D eigenvalue weighted by Gasteiger charge is 2.34. The van der Waals surface area contributed by atoms with E-state index in [1.165, 1.54) is 12.1 Å². The van der Waals surface area contributed by atoms with E-state index in [0.717, 1.165) is 24.3 Å². The molecule has 9 heteroatoms. The van der Waals surface area contributed by atoms with Gasteiger partial charge in [0.05, 0.1) is 12.0 Å². The van der Waals surface area contributed by atoms with Gasteiger partial charge < -0.3 is 9.84 Å². The van der Waals surface area contributed by atoms with E-state index in [9.17, 15) is 31.1 Å². The SMILES string of the molecule is O=C(O)Cc1cc(-c2cccc(OC(F)(F)F)c2)ccc1C(F)(F)F. The zero-order valence-corrected chi connectivity index (χ0v) is 12.3. The average molecular weight is 364 g/mol. The molecule has 0 bridgehead atoms. The third kappa shape index (κ3) is 5.13. The van der Waals surface area contributed by atoms with Crippen LogP contribution in [0.1, 0.15) is 11.1 Å². The summed E-state index contributed by atoms with van der Waals surface area (Å²) < 4.78 is 79.4. The fourth-order valence-electron chi connectivity index (χ4n) is 2.23. The zero-order chi connectivity index (χ0) is 18.8. The van der Waals surface area contributed by atoms with Gasteiger partial charge in [-0.2, -0.15) is 13.2 Å². The largest absolute Gasteiger partial charge is 0.573 e. The summed E-state index contributed by atoms with van der Waals surface area (Å²) in [5, 5.41) is 8.78. The quantitative estimate of drug-likeness (QED) is 0.785. The lowest BCUT2D eigenvalue weighted by molar-refractivity contribution is -0.274. The van der Waals surface area contributed by atoms with Crippen LogP contribution in [0.2, 0.25) is 0 Å². The number of ether oxygens (including phenoxy) is 1. The Morgan fingerprint density at radius 3 is 2.16 bits per heavy atom. The van der Waals surface area contributed by atoms with Crippen LogP contribution in [0.25, 0.3) is 11.1 Å². The minimum absolute atomic E-state index is 0.136. The molecule has 0 aliphatic heterocycles. The van der Waals surface area contributed by atoms with Crippen LogP contribution in [0, 0.1) is 0 Å². The van der Waals surface area contributed by atoms with Gasteiger partial charge in [-0.3, -0.25) is 4.79 Å². The Balaban J connectivity index is 2.46. The van der Waals surface area contributed by atoms with Gasteiger partial charge in [0, 0.05) is 0 Å². The molecule has 0 saturated heterocycles. The molecule has 25 heavy (non-hydrogen) atoms. The normalized spacial score (nSPS) is 12.1. The number of carbonyl (C=O) groups is 1. The van der Waals surface area contributed by atoms with E-state index in [1.807, 2.05) is 0 Å². The minimum Gasteiger partial charge on any atom is -0.481 e. The monoisotopic (exact) mass is 364 g/mol. The standard InChI is InChI=1S/C16H10F6O3/c17-15(18,19)13-5-4-10(6-11(13)8-14(23)24)9-2-1-3-12(7-9)25-16(20,21)22/h1-7H,8H2,(H,23,24). The van der Waals surface area contributed by atoms with Gasteiger partial charge in [0.25, 0.3) is 0 Å². The summed E-state index contributed by atoms with van der Waals surface area (Å²) >= 11 is 0. The van der Waals surface area contributed by atoms with E-state index in [2.05, 4.69) is 4.74 Å². The molecule has 0 saturated carbocycles. The number of carboxylic acid groups (broad SMARTS) is 1. The van der Waals surface area contributed by atoms with Gasteiger partial charge in [-0.1, -0.05) is 18.2 Å². The molecule has 0 radical (unpaired) electrons. The second kappa shape index (κ2) is 6.66. The molecular weight excluding hydrogens is 354 g/mol. The first-order chi connectivity index (χ1) is 11.5. The molecule has 134 valence electrons. The maximum atomic E-state index is 12.9. The van der Waals surface area contributed by atoms with Crippen molar-refractivity contribution in [1.82, 2.24) is 0 Å². The van der Waals surface area contributed by atoms with Crippen LogP contribution in [-0.4, -0.2) is 17.4 Å². The van der Waals surface area contributed by atoms with Crippen molar-refractivity contribution in [2.45, 2.75) is 19.0 Å². The first kappa shape index (κ1) is 18.6. The molecule has 0 atom stereocenters. The number of hydrogen-bond donors (Lipinski definition) is 1. The predicted octanol–water partition coefficient (Wildman–Crippen LogP) is 4.90. The van der Waals surface area contributed by atoms with Crippen LogP contribution < -0.4 is 4.74 Å². The lowest BCUT2D eigenvalue weighted by Crippen LogP contribution is -2.17. The fraction of sp³-hybridized carbons (Fsp3) is 0.188. The highest BCUT2D eigenvalue weighted by Crippen LogP contribution is 2.35. The molecule has 2 aromatic carbocycles. The topological polar surface area (TPSA) is 46.5 Å². The van der Waals surface area contributed by atoms with Gasteiger partial charge in [-0.15, -0.1) is 13.2 Å². The number of rotatable bonds is 4. The number of benzene rings is 2. The Bertz CT molecular complexity index is 780. The molecule has 3 nitrogen and oxygen atoms in total. The van der Waals surface area contributed by atoms with Crippen LogP contribution in [0.4, 0.5) is 26.3 Å². The lowest BCUT2D eigenvalue weighted by Gasteiger charge is -2.14. The van der Waals surface area contributed by atoms with Gasteiger partial charge in [0.1, 0.15) is 5.75 Å². The van der Waals surface area contributed by atoms with Gasteiger partial charge in [-0.25, -0.2) is 0 Å². The van der Waals surface area contributed by atoms with Gasteiger partial charge in [0.2, 0.25) is 0 Å². The summed E-state index contributed by atoms with van der Waals surface area (Å²) in [4.78, 5) is 10.8. The molecule has 0 aromatic heterocycles. The van der Waals surface area contributed by atoms with Gasteiger partial charge >= 0.3 is 18.5 Å². The van der Waals surface area contributed by atoms with Crippen LogP contribution in [-0.2, 0) is 17.4 Å². The predicted molar refractivity (Wildman–Crippen MR) is 74.9 cm³/mol. The smallest absolute Gasteiger partial charge is 0.481 e. The van der Waals surface area contributed by atoms with Crippen LogP contribution >= 0.6 is 0 Å². The van der Waals surface area contributed by atoms with Gasteiger partial charge in [-0.05, 0) is 41.0 Å². The summed E-state index contributed by atoms with van der Waals surface area (Å²) in [5.41, 5.74) is -1.31. The van der Waals surface area contributed by atoms with Crippen molar-refractivity contribution in [3.63, 3.8) is 0 Å². The van der Waals surface area contributed by atoms with E-state index in [0.29, 0.717) is 6.07 Å². The Labute approximate surface area is 137 Å². The second-order valence-corrected chi connectivity index (χ2v) is 5.02. The van der Waals surface area contributed by atoms with E-state index in [-0.39, 0.29) is 11.1 Å². The highest BCUT2D eigenvalue weighted by atomic mass is 19.4. The summed E-state index contributed by atoms with van der Waals surface area (Å²) in [6.45, 7) is 0. The van der Waals surface area contributed by atoms with Crippen molar-refractivity contribution < 1.29 is 41.0 Å². The second-order valence-electron chi connectivity index (χ2n) is 5.02. The molecule has 2 aromatic rings. The molecule has 1 N–H and O–H groups in total. The molecule has 0 aliphatic rings. The maximum Gasteiger partial charge on any atom is 0.573 e. The van der Waals surface area contributed by atoms with Crippen molar-refractivity contribution in [2.24, 2.45) is 0 Å². The van der Waals surface area contributed by atoms with E-state index in [4.69, 9.17) is 5.11 Å². The molecular formula is C16H10F6O3. The molecule has 0 heterocycles. The Morgan fingerprint density at radius 1 is 0.960 bits per heavy atom. The summed E-state index contributed by atoms with van der Waals surface area (Å²) in [6, 6.07) is 7.40. The fourth-order valence-corrected chi connectivity index (χ4v) is 2.23. The third-order valence-corrected chi connectivity index (χ3v) is 3.15. The minimum atomic E-state index is -4.91. The number of aliphatic carboxylic acids is 1. The summed E-state index contributed by atoms with van der Waals surface area (Å²) in [7, 11) is 0.